The van der Waals surface area contributed by atoms with Crippen LogP contribution >= 0.6 is 24.0 Å². The van der Waals surface area contributed by atoms with Crippen molar-refractivity contribution in [3.63, 3.8) is 0 Å². The molecule has 38 heavy (non-hydrogen) atoms. The number of pyridine rings is 1. The molecule has 0 bridgehead atoms. The summed E-state index contributed by atoms with van der Waals surface area (Å²) in [6.45, 7) is 8.91. The highest BCUT2D eigenvalue weighted by Crippen LogP contribution is 2.34. The molecule has 1 amide bonds. The molecule has 0 aliphatic carbocycles. The summed E-state index contributed by atoms with van der Waals surface area (Å²) in [6.07, 6.45) is 4.09. The third kappa shape index (κ3) is 5.21. The lowest BCUT2D eigenvalue weighted by Crippen LogP contribution is -2.47. The number of amides is 1. The van der Waals surface area contributed by atoms with E-state index in [9.17, 15) is 9.59 Å². The molecular weight excluding hydrogens is 518 g/mol. The maximum absolute atomic E-state index is 13.7. The molecule has 0 spiro atoms. The van der Waals surface area contributed by atoms with Gasteiger partial charge in [-0.1, -0.05) is 49.1 Å². The van der Waals surface area contributed by atoms with Crippen molar-refractivity contribution in [2.45, 2.75) is 20.3 Å². The number of carbonyl (C=O) groups is 1. The Hall–Kier alpha value is -3.21. The Balaban J connectivity index is 1.46. The number of rotatable bonds is 7. The maximum atomic E-state index is 13.7. The summed E-state index contributed by atoms with van der Waals surface area (Å²) in [4.78, 5) is 38.7. The number of benzene rings is 1. The van der Waals surface area contributed by atoms with Gasteiger partial charge in [0.05, 0.1) is 17.6 Å². The zero-order chi connectivity index (χ0) is 26.8. The molecule has 2 aliphatic heterocycles. The predicted octanol–water partition coefficient (Wildman–Crippen LogP) is 3.60. The van der Waals surface area contributed by atoms with Crippen molar-refractivity contribution < 1.29 is 9.53 Å². The van der Waals surface area contributed by atoms with Crippen LogP contribution in [0.4, 0.5) is 5.82 Å². The smallest absolute Gasteiger partial charge is 0.267 e. The van der Waals surface area contributed by atoms with E-state index >= 15 is 0 Å². The van der Waals surface area contributed by atoms with Crippen LogP contribution in [0.3, 0.4) is 0 Å². The standard InChI is InChI=1S/C28H31N5O3S2/c1-4-30-14-16-31(17-15-30)25-22(26(34)32-12-5-6-19(2)24(32)29-25)18-23-27(35)33(28(37)38-23)13-11-20-7-9-21(36-3)10-8-20/h5-10,12,18H,4,11,13-17H2,1-3H3/b23-18-. The summed E-state index contributed by atoms with van der Waals surface area (Å²) in [5.41, 5.74) is 2.89. The number of hydrogen-bond donors (Lipinski definition) is 0. The molecule has 3 aromatic rings. The maximum Gasteiger partial charge on any atom is 0.267 e. The number of thioether (sulfide) groups is 1. The summed E-state index contributed by atoms with van der Waals surface area (Å²) in [5, 5.41) is 0. The Bertz CT molecular complexity index is 1460. The molecule has 198 valence electrons. The molecule has 10 heteroatoms. The van der Waals surface area contributed by atoms with Crippen molar-refractivity contribution in [3.8, 4) is 5.75 Å². The van der Waals surface area contributed by atoms with Crippen molar-refractivity contribution >= 4 is 51.7 Å². The average Bonchev–Trinajstić information content (AvgIpc) is 3.21. The third-order valence-corrected chi connectivity index (χ3v) is 8.49. The van der Waals surface area contributed by atoms with E-state index < -0.39 is 0 Å². The molecule has 1 aromatic carbocycles. The van der Waals surface area contributed by atoms with Gasteiger partial charge in [-0.25, -0.2) is 4.98 Å². The number of carbonyl (C=O) groups excluding carboxylic acids is 1. The fraction of sp³-hybridized carbons (Fsp3) is 0.357. The molecule has 2 fully saturated rings. The van der Waals surface area contributed by atoms with E-state index in [0.29, 0.717) is 39.2 Å². The first-order chi connectivity index (χ1) is 18.4. The number of hydrogen-bond acceptors (Lipinski definition) is 8. The van der Waals surface area contributed by atoms with Crippen molar-refractivity contribution in [2.75, 3.05) is 51.3 Å². The second-order valence-electron chi connectivity index (χ2n) is 9.39. The van der Waals surface area contributed by atoms with E-state index in [0.717, 1.165) is 49.6 Å². The van der Waals surface area contributed by atoms with Crippen LogP contribution in [0.1, 0.15) is 23.6 Å². The first-order valence-corrected chi connectivity index (χ1v) is 14.0. The van der Waals surface area contributed by atoms with E-state index in [1.54, 1.807) is 28.7 Å². The topological polar surface area (TPSA) is 70.4 Å². The van der Waals surface area contributed by atoms with Gasteiger partial charge in [0.2, 0.25) is 0 Å². The number of methoxy groups -OCH3 is 1. The van der Waals surface area contributed by atoms with Gasteiger partial charge < -0.3 is 14.5 Å². The summed E-state index contributed by atoms with van der Waals surface area (Å²) >= 11 is 6.81. The van der Waals surface area contributed by atoms with Crippen LogP contribution in [-0.4, -0.2) is 75.8 Å². The van der Waals surface area contributed by atoms with Gasteiger partial charge in [-0.2, -0.15) is 0 Å². The number of fused-ring (bicyclic) bond motifs is 1. The molecule has 0 N–H and O–H groups in total. The van der Waals surface area contributed by atoms with E-state index in [-0.39, 0.29) is 11.5 Å². The minimum absolute atomic E-state index is 0.177. The van der Waals surface area contributed by atoms with Gasteiger partial charge in [0.25, 0.3) is 11.5 Å². The lowest BCUT2D eigenvalue weighted by Gasteiger charge is -2.35. The van der Waals surface area contributed by atoms with Gasteiger partial charge in [0.1, 0.15) is 21.5 Å². The highest BCUT2D eigenvalue weighted by molar-refractivity contribution is 8.26. The largest absolute Gasteiger partial charge is 0.497 e. The van der Waals surface area contributed by atoms with Gasteiger partial charge in [0.15, 0.2) is 0 Å². The van der Waals surface area contributed by atoms with E-state index in [1.165, 1.54) is 11.8 Å². The number of aromatic nitrogens is 2. The fourth-order valence-electron chi connectivity index (χ4n) is 4.80. The minimum atomic E-state index is -0.185. The van der Waals surface area contributed by atoms with Crippen molar-refractivity contribution in [1.29, 1.82) is 0 Å². The number of likely N-dealkylation sites (N-methyl/N-ethyl adjacent to an activating group) is 1. The normalized spacial score (nSPS) is 17.7. The Morgan fingerprint density at radius 3 is 2.53 bits per heavy atom. The van der Waals surface area contributed by atoms with Gasteiger partial charge >= 0.3 is 0 Å². The number of thiocarbonyl (C=S) groups is 1. The summed E-state index contributed by atoms with van der Waals surface area (Å²) < 4.78 is 7.29. The third-order valence-electron chi connectivity index (χ3n) is 7.12. The molecular formula is C28H31N5O3S2. The molecule has 0 unspecified atom stereocenters. The number of aryl methyl sites for hydroxylation is 1. The Kier molecular flexibility index (Phi) is 7.83. The molecule has 2 saturated heterocycles. The van der Waals surface area contributed by atoms with E-state index in [2.05, 4.69) is 16.7 Å². The van der Waals surface area contributed by atoms with Crippen LogP contribution < -0.4 is 15.2 Å². The molecule has 4 heterocycles. The average molecular weight is 550 g/mol. The van der Waals surface area contributed by atoms with Gasteiger partial charge in [-0.15, -0.1) is 0 Å². The van der Waals surface area contributed by atoms with E-state index in [1.807, 2.05) is 43.3 Å². The van der Waals surface area contributed by atoms with Crippen LogP contribution in [-0.2, 0) is 11.2 Å². The molecule has 8 nitrogen and oxygen atoms in total. The number of ether oxygens (including phenoxy) is 1. The first-order valence-electron chi connectivity index (χ1n) is 12.8. The lowest BCUT2D eigenvalue weighted by molar-refractivity contribution is -0.122. The fourth-order valence-corrected chi connectivity index (χ4v) is 6.09. The van der Waals surface area contributed by atoms with Crippen molar-refractivity contribution in [1.82, 2.24) is 19.2 Å². The SMILES string of the molecule is CCN1CCN(c2nc3c(C)cccn3c(=O)c2/C=C2\SC(=S)N(CCc3ccc(OC)cc3)C2=O)CC1. The van der Waals surface area contributed by atoms with Crippen LogP contribution in [0.25, 0.3) is 11.7 Å². The van der Waals surface area contributed by atoms with E-state index in [4.69, 9.17) is 21.9 Å². The Morgan fingerprint density at radius 2 is 1.84 bits per heavy atom. The first kappa shape index (κ1) is 26.4. The molecule has 2 aromatic heterocycles. The van der Waals surface area contributed by atoms with Gasteiger partial charge in [-0.05, 0) is 55.3 Å². The van der Waals surface area contributed by atoms with Gasteiger partial charge in [0, 0.05) is 38.9 Å². The monoisotopic (exact) mass is 549 g/mol. The van der Waals surface area contributed by atoms with Crippen LogP contribution in [0, 0.1) is 6.92 Å². The highest BCUT2D eigenvalue weighted by atomic mass is 32.2. The zero-order valence-corrected chi connectivity index (χ0v) is 23.5. The van der Waals surface area contributed by atoms with Gasteiger partial charge in [-0.3, -0.25) is 18.9 Å². The molecule has 5 rings (SSSR count). The number of piperazine rings is 1. The Morgan fingerprint density at radius 1 is 1.11 bits per heavy atom. The van der Waals surface area contributed by atoms with Crippen LogP contribution in [0.15, 0.2) is 52.3 Å². The molecule has 0 saturated carbocycles. The second-order valence-corrected chi connectivity index (χ2v) is 11.1. The van der Waals surface area contributed by atoms with Crippen molar-refractivity contribution in [2.24, 2.45) is 0 Å². The summed E-state index contributed by atoms with van der Waals surface area (Å²) in [5.74, 6) is 1.24. The van der Waals surface area contributed by atoms with Crippen molar-refractivity contribution in [3.05, 3.63) is 74.5 Å². The second kappa shape index (κ2) is 11.3. The lowest BCUT2D eigenvalue weighted by atomic mass is 10.1. The van der Waals surface area contributed by atoms with Crippen LogP contribution in [0.5, 0.6) is 5.75 Å². The Labute approximate surface area is 231 Å². The minimum Gasteiger partial charge on any atom is -0.497 e. The molecule has 2 aliphatic rings. The quantitative estimate of drug-likeness (QED) is 0.327. The summed E-state index contributed by atoms with van der Waals surface area (Å²) in [7, 11) is 1.63. The number of nitrogens with zero attached hydrogens (tertiary/aromatic N) is 5. The van der Waals surface area contributed by atoms with Crippen LogP contribution in [0.2, 0.25) is 0 Å². The predicted molar refractivity (Wildman–Crippen MR) is 157 cm³/mol. The number of anilines is 1. The molecule has 0 radical (unpaired) electrons. The highest BCUT2D eigenvalue weighted by Gasteiger charge is 2.33. The zero-order valence-electron chi connectivity index (χ0n) is 21.8. The molecule has 0 atom stereocenters. The summed E-state index contributed by atoms with van der Waals surface area (Å²) in [6, 6.07) is 11.6.